The number of piperazine rings is 1. The molecule has 2 heterocycles. The molecule has 1 aromatic rings. The standard InChI is InChI=1S/C23H30N4O3/c1-17-19-8-4-5-9-20(19)23(30)27(17)16-21(28)24-10-11-25-12-14-26(15-13-25)22(29)18-6-2-3-7-18/h4-5,8-9,18H,1-3,6-7,10-16H2,(H,24,28). The van der Waals surface area contributed by atoms with E-state index >= 15 is 0 Å². The van der Waals surface area contributed by atoms with Crippen LogP contribution in [0, 0.1) is 5.92 Å². The molecule has 0 atom stereocenters. The second-order valence-electron chi connectivity index (χ2n) is 8.38. The molecule has 7 heteroatoms. The largest absolute Gasteiger partial charge is 0.353 e. The summed E-state index contributed by atoms with van der Waals surface area (Å²) in [5, 5.41) is 2.91. The average molecular weight is 411 g/mol. The van der Waals surface area contributed by atoms with E-state index in [1.807, 2.05) is 23.1 Å². The van der Waals surface area contributed by atoms with Crippen molar-refractivity contribution in [2.24, 2.45) is 5.92 Å². The topological polar surface area (TPSA) is 73.0 Å². The van der Waals surface area contributed by atoms with Crippen molar-refractivity contribution in [1.29, 1.82) is 0 Å². The van der Waals surface area contributed by atoms with Crippen molar-refractivity contribution in [2.45, 2.75) is 25.7 Å². The van der Waals surface area contributed by atoms with Crippen LogP contribution in [-0.2, 0) is 9.59 Å². The Morgan fingerprint density at radius 3 is 2.37 bits per heavy atom. The highest BCUT2D eigenvalue weighted by atomic mass is 16.2. The summed E-state index contributed by atoms with van der Waals surface area (Å²) in [4.78, 5) is 43.1. The molecule has 1 saturated carbocycles. The van der Waals surface area contributed by atoms with Crippen molar-refractivity contribution in [3.8, 4) is 0 Å². The first-order valence-electron chi connectivity index (χ1n) is 10.9. The second kappa shape index (κ2) is 9.00. The molecule has 160 valence electrons. The number of amides is 3. The highest BCUT2D eigenvalue weighted by molar-refractivity contribution is 6.10. The molecule has 30 heavy (non-hydrogen) atoms. The molecule has 0 bridgehead atoms. The van der Waals surface area contributed by atoms with E-state index < -0.39 is 0 Å². The van der Waals surface area contributed by atoms with Crippen LogP contribution in [0.4, 0.5) is 0 Å². The van der Waals surface area contributed by atoms with Crippen LogP contribution in [0.5, 0.6) is 0 Å². The van der Waals surface area contributed by atoms with Crippen LogP contribution < -0.4 is 5.32 Å². The van der Waals surface area contributed by atoms with E-state index in [9.17, 15) is 14.4 Å². The van der Waals surface area contributed by atoms with Crippen molar-refractivity contribution < 1.29 is 14.4 Å². The number of benzene rings is 1. The third-order valence-electron chi connectivity index (χ3n) is 6.48. The van der Waals surface area contributed by atoms with Crippen molar-refractivity contribution >= 4 is 23.4 Å². The van der Waals surface area contributed by atoms with Gasteiger partial charge in [-0.1, -0.05) is 37.6 Å². The van der Waals surface area contributed by atoms with Gasteiger partial charge >= 0.3 is 0 Å². The van der Waals surface area contributed by atoms with Crippen molar-refractivity contribution in [3.63, 3.8) is 0 Å². The Bertz CT molecular complexity index is 804. The maximum Gasteiger partial charge on any atom is 0.259 e. The molecule has 3 amide bonds. The number of rotatable bonds is 6. The maximum absolute atomic E-state index is 12.5. The van der Waals surface area contributed by atoms with Gasteiger partial charge in [0.1, 0.15) is 6.54 Å². The first-order valence-corrected chi connectivity index (χ1v) is 10.9. The lowest BCUT2D eigenvalue weighted by Gasteiger charge is -2.36. The average Bonchev–Trinajstić information content (AvgIpc) is 3.38. The zero-order valence-electron chi connectivity index (χ0n) is 17.4. The van der Waals surface area contributed by atoms with Crippen LogP contribution in [0.3, 0.4) is 0 Å². The van der Waals surface area contributed by atoms with Crippen LogP contribution in [0.1, 0.15) is 41.6 Å². The minimum Gasteiger partial charge on any atom is -0.353 e. The van der Waals surface area contributed by atoms with E-state index in [1.54, 1.807) is 6.07 Å². The number of nitrogens with one attached hydrogen (secondary N) is 1. The molecule has 0 unspecified atom stereocenters. The molecule has 2 fully saturated rings. The van der Waals surface area contributed by atoms with Gasteiger partial charge in [0.05, 0.1) is 0 Å². The molecular formula is C23H30N4O3. The quantitative estimate of drug-likeness (QED) is 0.773. The summed E-state index contributed by atoms with van der Waals surface area (Å²) in [6.07, 6.45) is 4.45. The lowest BCUT2D eigenvalue weighted by Crippen LogP contribution is -2.51. The zero-order valence-corrected chi connectivity index (χ0v) is 17.4. The van der Waals surface area contributed by atoms with E-state index in [1.165, 1.54) is 17.7 Å². The Morgan fingerprint density at radius 2 is 1.70 bits per heavy atom. The minimum atomic E-state index is -0.188. The first kappa shape index (κ1) is 20.6. The van der Waals surface area contributed by atoms with Crippen molar-refractivity contribution in [2.75, 3.05) is 45.8 Å². The summed E-state index contributed by atoms with van der Waals surface area (Å²) in [7, 11) is 0. The first-order chi connectivity index (χ1) is 14.5. The van der Waals surface area contributed by atoms with E-state index in [4.69, 9.17) is 0 Å². The SMILES string of the molecule is C=C1c2ccccc2C(=O)N1CC(=O)NCCN1CCN(C(=O)C2CCCC2)CC1. The third kappa shape index (κ3) is 4.26. The van der Waals surface area contributed by atoms with Crippen LogP contribution in [0.15, 0.2) is 30.8 Å². The molecule has 0 spiro atoms. The number of hydrogen-bond acceptors (Lipinski definition) is 4. The van der Waals surface area contributed by atoms with Gasteiger partial charge in [-0.3, -0.25) is 24.2 Å². The van der Waals surface area contributed by atoms with Gasteiger partial charge in [-0.2, -0.15) is 0 Å². The normalized spacial score (nSPS) is 20.0. The fourth-order valence-corrected chi connectivity index (χ4v) is 4.68. The Labute approximate surface area is 177 Å². The molecule has 0 aromatic heterocycles. The number of nitrogens with zero attached hydrogens (tertiary/aromatic N) is 3. The van der Waals surface area contributed by atoms with Gasteiger partial charge in [-0.25, -0.2) is 0 Å². The molecular weight excluding hydrogens is 380 g/mol. The van der Waals surface area contributed by atoms with Crippen molar-refractivity contribution in [1.82, 2.24) is 20.0 Å². The Morgan fingerprint density at radius 1 is 1.03 bits per heavy atom. The smallest absolute Gasteiger partial charge is 0.259 e. The maximum atomic E-state index is 12.5. The number of fused-ring (bicyclic) bond motifs is 1. The van der Waals surface area contributed by atoms with Gasteiger partial charge < -0.3 is 10.2 Å². The van der Waals surface area contributed by atoms with Gasteiger partial charge in [-0.15, -0.1) is 0 Å². The molecule has 4 rings (SSSR count). The van der Waals surface area contributed by atoms with Crippen LogP contribution >= 0.6 is 0 Å². The monoisotopic (exact) mass is 410 g/mol. The van der Waals surface area contributed by atoms with Crippen LogP contribution in [0.2, 0.25) is 0 Å². The lowest BCUT2D eigenvalue weighted by molar-refractivity contribution is -0.137. The molecule has 2 aliphatic heterocycles. The van der Waals surface area contributed by atoms with Gasteiger partial charge in [0.15, 0.2) is 0 Å². The summed E-state index contributed by atoms with van der Waals surface area (Å²) in [6, 6.07) is 7.29. The fraction of sp³-hybridized carbons (Fsp3) is 0.522. The van der Waals surface area contributed by atoms with E-state index in [-0.39, 0.29) is 24.3 Å². The summed E-state index contributed by atoms with van der Waals surface area (Å²) < 4.78 is 0. The third-order valence-corrected chi connectivity index (χ3v) is 6.48. The van der Waals surface area contributed by atoms with Gasteiger partial charge in [-0.05, 0) is 18.9 Å². The lowest BCUT2D eigenvalue weighted by atomic mass is 10.1. The van der Waals surface area contributed by atoms with Gasteiger partial charge in [0, 0.05) is 62.0 Å². The Balaban J connectivity index is 1.17. The highest BCUT2D eigenvalue weighted by Gasteiger charge is 2.32. The second-order valence-corrected chi connectivity index (χ2v) is 8.38. The minimum absolute atomic E-state index is 0.0178. The number of carbonyl (C=O) groups excluding carboxylic acids is 3. The molecule has 1 saturated heterocycles. The van der Waals surface area contributed by atoms with Gasteiger partial charge in [0.25, 0.3) is 5.91 Å². The van der Waals surface area contributed by atoms with Crippen LogP contribution in [-0.4, -0.2) is 78.2 Å². The Kier molecular flexibility index (Phi) is 6.18. The molecule has 1 N–H and O–H groups in total. The molecule has 1 aromatic carbocycles. The van der Waals surface area contributed by atoms with E-state index in [2.05, 4.69) is 16.8 Å². The predicted molar refractivity (Wildman–Crippen MR) is 115 cm³/mol. The van der Waals surface area contributed by atoms with Crippen LogP contribution in [0.25, 0.3) is 5.70 Å². The molecule has 0 radical (unpaired) electrons. The zero-order chi connectivity index (χ0) is 21.1. The summed E-state index contributed by atoms with van der Waals surface area (Å²) in [6.45, 7) is 8.43. The van der Waals surface area contributed by atoms with E-state index in [0.717, 1.165) is 51.1 Å². The summed E-state index contributed by atoms with van der Waals surface area (Å²) in [5.41, 5.74) is 1.97. The van der Waals surface area contributed by atoms with Gasteiger partial charge in [0.2, 0.25) is 11.8 Å². The summed E-state index contributed by atoms with van der Waals surface area (Å²) >= 11 is 0. The fourth-order valence-electron chi connectivity index (χ4n) is 4.68. The Hall–Kier alpha value is -2.67. The number of hydrogen-bond donors (Lipinski definition) is 1. The molecule has 7 nitrogen and oxygen atoms in total. The van der Waals surface area contributed by atoms with E-state index in [0.29, 0.717) is 23.7 Å². The highest BCUT2D eigenvalue weighted by Crippen LogP contribution is 2.30. The number of carbonyl (C=O) groups is 3. The molecule has 1 aliphatic carbocycles. The molecule has 3 aliphatic rings. The predicted octanol–water partition coefficient (Wildman–Crippen LogP) is 1.56. The van der Waals surface area contributed by atoms with Crippen molar-refractivity contribution in [3.05, 3.63) is 42.0 Å². The summed E-state index contributed by atoms with van der Waals surface area (Å²) in [5.74, 6) is 0.211.